The second-order valence-corrected chi connectivity index (χ2v) is 9.22. The van der Waals surface area contributed by atoms with Gasteiger partial charge in [0.2, 0.25) is 0 Å². The molecule has 0 saturated carbocycles. The number of hydrogen-bond acceptors (Lipinski definition) is 0. The molecule has 0 bridgehead atoms. The van der Waals surface area contributed by atoms with Crippen molar-refractivity contribution in [3.05, 3.63) is 72.1 Å². The zero-order chi connectivity index (χ0) is 16.2. The van der Waals surface area contributed by atoms with Crippen LogP contribution in [0.3, 0.4) is 0 Å². The van der Waals surface area contributed by atoms with Crippen LogP contribution in [0.2, 0.25) is 0 Å². The van der Waals surface area contributed by atoms with E-state index in [1.807, 2.05) is 0 Å². The van der Waals surface area contributed by atoms with Crippen molar-refractivity contribution in [2.75, 3.05) is 0 Å². The minimum atomic E-state index is -0.406. The third-order valence-corrected chi connectivity index (χ3v) is 7.49. The molecule has 0 N–H and O–H groups in total. The predicted molar refractivity (Wildman–Crippen MR) is 110 cm³/mol. The van der Waals surface area contributed by atoms with Gasteiger partial charge in [-0.05, 0) is 54.4 Å². The Kier molecular flexibility index (Phi) is 6.87. The van der Waals surface area contributed by atoms with Crippen LogP contribution in [0.4, 0.5) is 0 Å². The molecular formula is C22H27BP. The van der Waals surface area contributed by atoms with Crippen LogP contribution in [0.5, 0.6) is 0 Å². The lowest BCUT2D eigenvalue weighted by Gasteiger charge is -2.35. The molecule has 1 aliphatic carbocycles. The van der Waals surface area contributed by atoms with Crippen LogP contribution in [0, 0.1) is 17.8 Å². The predicted octanol–water partition coefficient (Wildman–Crippen LogP) is 5.32. The Hall–Kier alpha value is -1.33. The fourth-order valence-corrected chi connectivity index (χ4v) is 6.60. The second kappa shape index (κ2) is 8.68. The topological polar surface area (TPSA) is 0 Å². The summed E-state index contributed by atoms with van der Waals surface area (Å²) >= 11 is 0. The first-order valence-corrected chi connectivity index (χ1v) is 10.1. The van der Waals surface area contributed by atoms with Crippen LogP contribution in [-0.4, -0.2) is 8.41 Å². The van der Waals surface area contributed by atoms with E-state index in [1.165, 1.54) is 23.5 Å². The van der Waals surface area contributed by atoms with Gasteiger partial charge in [-0.25, -0.2) is 0 Å². The highest BCUT2D eigenvalue weighted by atomic mass is 31.1. The van der Waals surface area contributed by atoms with Gasteiger partial charge in [0.25, 0.3) is 0 Å². The largest absolute Gasteiger partial charge is 0.0771 e. The van der Waals surface area contributed by atoms with Crippen LogP contribution in [-0.2, 0) is 0 Å². The standard InChI is InChI=1S/C22H27P.B/c1-17(2)21-15-14-18(3)16-22(21)23(19-10-6-4-7-11-19)20-12-8-5-9-13-20;/h4-13,16-18,21H,14-15H2,1-3H3;/t18-,21+;/m1./s1. The van der Waals surface area contributed by atoms with E-state index in [0.29, 0.717) is 11.8 Å². The Morgan fingerprint density at radius 3 is 1.79 bits per heavy atom. The van der Waals surface area contributed by atoms with Gasteiger partial charge in [0.1, 0.15) is 0 Å². The van der Waals surface area contributed by atoms with Crippen molar-refractivity contribution < 1.29 is 0 Å². The molecule has 0 aliphatic heterocycles. The number of benzene rings is 2. The monoisotopic (exact) mass is 333 g/mol. The highest BCUT2D eigenvalue weighted by Crippen LogP contribution is 2.52. The third kappa shape index (κ3) is 4.20. The van der Waals surface area contributed by atoms with Gasteiger partial charge in [0, 0.05) is 8.41 Å². The van der Waals surface area contributed by atoms with Crippen LogP contribution in [0.15, 0.2) is 72.1 Å². The molecule has 2 atom stereocenters. The van der Waals surface area contributed by atoms with Crippen molar-refractivity contribution in [2.45, 2.75) is 33.6 Å². The summed E-state index contributed by atoms with van der Waals surface area (Å²) in [6, 6.07) is 22.3. The van der Waals surface area contributed by atoms with Crippen LogP contribution < -0.4 is 10.6 Å². The molecular weight excluding hydrogens is 306 g/mol. The normalized spacial score (nSPS) is 20.6. The molecule has 0 amide bonds. The summed E-state index contributed by atoms with van der Waals surface area (Å²) in [6.07, 6.45) is 5.27. The molecule has 0 unspecified atom stereocenters. The lowest BCUT2D eigenvalue weighted by atomic mass is 9.83. The summed E-state index contributed by atoms with van der Waals surface area (Å²) in [6.45, 7) is 7.15. The molecule has 3 radical (unpaired) electrons. The molecule has 123 valence electrons. The minimum Gasteiger partial charge on any atom is -0.0771 e. The third-order valence-electron chi connectivity index (χ3n) is 4.86. The molecule has 0 nitrogen and oxygen atoms in total. The number of rotatable bonds is 4. The highest BCUT2D eigenvalue weighted by Gasteiger charge is 2.30. The molecule has 0 fully saturated rings. The molecule has 2 aromatic rings. The van der Waals surface area contributed by atoms with Gasteiger partial charge >= 0.3 is 0 Å². The Labute approximate surface area is 150 Å². The maximum Gasteiger partial charge on any atom is 0 e. The smallest absolute Gasteiger partial charge is 0 e. The Morgan fingerprint density at radius 1 is 0.833 bits per heavy atom. The van der Waals surface area contributed by atoms with E-state index in [-0.39, 0.29) is 8.41 Å². The first-order chi connectivity index (χ1) is 11.2. The van der Waals surface area contributed by atoms with Gasteiger partial charge in [-0.15, -0.1) is 0 Å². The quantitative estimate of drug-likeness (QED) is 0.524. The summed E-state index contributed by atoms with van der Waals surface area (Å²) in [5, 5.41) is 4.67. The molecule has 24 heavy (non-hydrogen) atoms. The van der Waals surface area contributed by atoms with E-state index in [0.717, 1.165) is 5.92 Å². The lowest BCUT2D eigenvalue weighted by Crippen LogP contribution is -2.23. The second-order valence-electron chi connectivity index (χ2n) is 7.00. The van der Waals surface area contributed by atoms with Crippen LogP contribution in [0.1, 0.15) is 33.6 Å². The zero-order valence-corrected chi connectivity index (χ0v) is 15.9. The average Bonchev–Trinajstić information content (AvgIpc) is 2.57. The molecule has 2 heteroatoms. The van der Waals surface area contributed by atoms with Gasteiger partial charge < -0.3 is 0 Å². The van der Waals surface area contributed by atoms with Crippen LogP contribution >= 0.6 is 7.92 Å². The van der Waals surface area contributed by atoms with Gasteiger partial charge in [-0.1, -0.05) is 87.5 Å². The Balaban J connectivity index is 0.00000208. The van der Waals surface area contributed by atoms with Crippen molar-refractivity contribution in [3.8, 4) is 0 Å². The Morgan fingerprint density at radius 2 is 1.33 bits per heavy atom. The first-order valence-electron chi connectivity index (χ1n) is 8.78. The first kappa shape index (κ1) is 19.0. The van der Waals surface area contributed by atoms with E-state index in [2.05, 4.69) is 87.5 Å². The van der Waals surface area contributed by atoms with Gasteiger partial charge in [0.15, 0.2) is 0 Å². The molecule has 0 spiro atoms. The van der Waals surface area contributed by atoms with Crippen molar-refractivity contribution in [1.29, 1.82) is 0 Å². The molecule has 2 aromatic carbocycles. The number of allylic oxidation sites excluding steroid dienone is 2. The summed E-state index contributed by atoms with van der Waals surface area (Å²) in [5.41, 5.74) is 0. The van der Waals surface area contributed by atoms with Gasteiger partial charge in [-0.2, -0.15) is 0 Å². The van der Waals surface area contributed by atoms with Crippen molar-refractivity contribution >= 4 is 26.9 Å². The lowest BCUT2D eigenvalue weighted by molar-refractivity contribution is 0.376. The Bertz CT molecular complexity index is 609. The number of hydrogen-bond donors (Lipinski definition) is 0. The van der Waals surface area contributed by atoms with Gasteiger partial charge in [0.05, 0.1) is 0 Å². The van der Waals surface area contributed by atoms with Crippen LogP contribution in [0.25, 0.3) is 0 Å². The van der Waals surface area contributed by atoms with Crippen molar-refractivity contribution in [2.24, 2.45) is 17.8 Å². The molecule has 0 heterocycles. The van der Waals surface area contributed by atoms with E-state index in [4.69, 9.17) is 0 Å². The highest BCUT2D eigenvalue weighted by molar-refractivity contribution is 7.76. The maximum absolute atomic E-state index is 2.60. The van der Waals surface area contributed by atoms with E-state index >= 15 is 0 Å². The summed E-state index contributed by atoms with van der Waals surface area (Å²) < 4.78 is 0. The van der Waals surface area contributed by atoms with Crippen molar-refractivity contribution in [1.82, 2.24) is 0 Å². The van der Waals surface area contributed by atoms with Crippen molar-refractivity contribution in [3.63, 3.8) is 0 Å². The molecule has 0 saturated heterocycles. The fraction of sp³-hybridized carbons (Fsp3) is 0.364. The maximum atomic E-state index is 2.60. The zero-order valence-electron chi connectivity index (χ0n) is 15.0. The summed E-state index contributed by atoms with van der Waals surface area (Å²) in [5.74, 6) is 2.14. The summed E-state index contributed by atoms with van der Waals surface area (Å²) in [7, 11) is -0.406. The van der Waals surface area contributed by atoms with Gasteiger partial charge in [-0.3, -0.25) is 0 Å². The average molecular weight is 333 g/mol. The fourth-order valence-electron chi connectivity index (χ4n) is 3.61. The summed E-state index contributed by atoms with van der Waals surface area (Å²) in [4.78, 5) is 0. The van der Waals surface area contributed by atoms with E-state index in [9.17, 15) is 0 Å². The molecule has 0 aromatic heterocycles. The SMILES string of the molecule is CC(C)[C@@H]1CC[C@@H](C)C=C1P(c1ccccc1)c1ccccc1.[B]. The molecule has 1 aliphatic rings. The van der Waals surface area contributed by atoms with E-state index < -0.39 is 7.92 Å². The minimum absolute atomic E-state index is 0. The van der Waals surface area contributed by atoms with E-state index in [1.54, 1.807) is 5.31 Å². The molecule has 3 rings (SSSR count).